The van der Waals surface area contributed by atoms with E-state index in [1.807, 2.05) is 12.1 Å². The number of ether oxygens (including phenoxy) is 4. The first-order valence-electron chi connectivity index (χ1n) is 14.7. The third kappa shape index (κ3) is 3.95. The lowest BCUT2D eigenvalue weighted by Crippen LogP contribution is -2.34. The number of hydrogen-bond donors (Lipinski definition) is 2. The number of phenols is 1. The third-order valence-corrected chi connectivity index (χ3v) is 9.42. The molecule has 7 bridgehead atoms. The molecule has 2 N–H and O–H groups in total. The maximum atomic E-state index is 11.1. The van der Waals surface area contributed by atoms with Crippen molar-refractivity contribution in [3.05, 3.63) is 88.0 Å². The molecule has 4 aliphatic heterocycles. The van der Waals surface area contributed by atoms with Crippen LogP contribution in [0.3, 0.4) is 0 Å². The summed E-state index contributed by atoms with van der Waals surface area (Å²) in [6, 6.07) is 18.8. The minimum atomic E-state index is 0.0455. The number of phenolic OH excluding ortho intramolecular Hbond substituents is 1. The van der Waals surface area contributed by atoms with E-state index in [-0.39, 0.29) is 17.8 Å². The minimum absolute atomic E-state index is 0.0455. The summed E-state index contributed by atoms with van der Waals surface area (Å²) in [7, 11) is 5.54. The first-order valence-corrected chi connectivity index (χ1v) is 14.7. The zero-order chi connectivity index (χ0) is 28.5. The van der Waals surface area contributed by atoms with E-state index in [1.165, 1.54) is 16.7 Å². The molecule has 0 radical (unpaired) electrons. The fourth-order valence-electron chi connectivity index (χ4n) is 7.22. The van der Waals surface area contributed by atoms with Crippen LogP contribution >= 0.6 is 0 Å². The van der Waals surface area contributed by atoms with Gasteiger partial charge in [0.05, 0.1) is 14.2 Å². The van der Waals surface area contributed by atoms with Gasteiger partial charge in [-0.25, -0.2) is 0 Å². The number of methoxy groups -OCH3 is 2. The van der Waals surface area contributed by atoms with Crippen molar-refractivity contribution in [1.29, 1.82) is 0 Å². The molecule has 214 valence electrons. The monoisotopic (exact) mass is 562 g/mol. The van der Waals surface area contributed by atoms with Crippen LogP contribution in [0.5, 0.6) is 40.2 Å². The molecule has 0 saturated carbocycles. The molecule has 2 atom stereocenters. The van der Waals surface area contributed by atoms with Gasteiger partial charge in [-0.1, -0.05) is 12.1 Å². The average molecular weight is 563 g/mol. The fraction of sp³-hybridized carbons (Fsp3) is 0.314. The van der Waals surface area contributed by atoms with Crippen LogP contribution in [0.1, 0.15) is 45.5 Å². The lowest BCUT2D eigenvalue weighted by molar-refractivity contribution is 0.220. The second-order valence-electron chi connectivity index (χ2n) is 11.8. The molecule has 0 fully saturated rings. The number of likely N-dealkylation sites (N-methyl/N-ethyl adjacent to an activating group) is 1. The predicted octanol–water partition coefficient (Wildman–Crippen LogP) is 6.49. The van der Waals surface area contributed by atoms with Crippen molar-refractivity contribution in [2.24, 2.45) is 0 Å². The highest BCUT2D eigenvalue weighted by Gasteiger charge is 2.36. The maximum absolute atomic E-state index is 11.1. The molecular formula is C35H34N2O5. The Morgan fingerprint density at radius 1 is 0.810 bits per heavy atom. The Hall–Kier alpha value is -4.20. The van der Waals surface area contributed by atoms with Crippen LogP contribution in [0, 0.1) is 0 Å². The number of rotatable bonds is 2. The van der Waals surface area contributed by atoms with E-state index in [4.69, 9.17) is 18.9 Å². The molecule has 7 heteroatoms. The molecule has 0 spiro atoms. The summed E-state index contributed by atoms with van der Waals surface area (Å²) in [5.74, 6) is 4.54. The molecule has 0 saturated heterocycles. The van der Waals surface area contributed by atoms with Gasteiger partial charge in [0.25, 0.3) is 0 Å². The first kappa shape index (κ1) is 25.5. The summed E-state index contributed by atoms with van der Waals surface area (Å²) in [6.45, 7) is 1.79. The highest BCUT2D eigenvalue weighted by molar-refractivity contribution is 5.77. The quantitative estimate of drug-likeness (QED) is 0.255. The summed E-state index contributed by atoms with van der Waals surface area (Å²) in [4.78, 5) is 2.39. The highest BCUT2D eigenvalue weighted by atomic mass is 16.6. The van der Waals surface area contributed by atoms with E-state index in [2.05, 4.69) is 53.7 Å². The van der Waals surface area contributed by atoms with Crippen LogP contribution in [0.25, 0.3) is 11.1 Å². The van der Waals surface area contributed by atoms with E-state index in [9.17, 15) is 5.11 Å². The van der Waals surface area contributed by atoms with Gasteiger partial charge in [-0.15, -0.1) is 0 Å². The van der Waals surface area contributed by atoms with E-state index < -0.39 is 0 Å². The molecule has 4 aliphatic rings. The molecule has 4 aromatic rings. The Kier molecular flexibility index (Phi) is 5.88. The van der Waals surface area contributed by atoms with Crippen LogP contribution in [-0.2, 0) is 25.7 Å². The standard InChI is InChI=1S/C35H34N2O5/c1-37-11-9-22-17-32(40-3)34-35-33(22)27(37)15-20-4-6-28(38)24(12-20)25-13-19(5-7-29(25)39-2)14-26-23-18-31(42-35)30(41-34)16-21(23)8-10-36-26/h4-7,12-13,16-18,26-27,36,38H,8-11,14-15H2,1-3H3/t26-,27-/m0/s1. The molecule has 4 aromatic carbocycles. The zero-order valence-corrected chi connectivity index (χ0v) is 24.1. The summed E-state index contributed by atoms with van der Waals surface area (Å²) in [5.41, 5.74) is 8.80. The lowest BCUT2D eigenvalue weighted by atomic mass is 9.86. The lowest BCUT2D eigenvalue weighted by Gasteiger charge is -2.38. The topological polar surface area (TPSA) is 72.4 Å². The van der Waals surface area contributed by atoms with Gasteiger partial charge in [-0.2, -0.15) is 0 Å². The third-order valence-electron chi connectivity index (χ3n) is 9.42. The Morgan fingerprint density at radius 3 is 2.43 bits per heavy atom. The van der Waals surface area contributed by atoms with Crippen molar-refractivity contribution >= 4 is 0 Å². The molecule has 7 nitrogen and oxygen atoms in total. The highest BCUT2D eigenvalue weighted by Crippen LogP contribution is 2.56. The normalized spacial score (nSPS) is 20.0. The number of nitrogens with zero attached hydrogens (tertiary/aromatic N) is 1. The van der Waals surface area contributed by atoms with Crippen molar-refractivity contribution < 1.29 is 24.1 Å². The number of fused-ring (bicyclic) bond motifs is 5. The Morgan fingerprint density at radius 2 is 1.57 bits per heavy atom. The van der Waals surface area contributed by atoms with E-state index >= 15 is 0 Å². The van der Waals surface area contributed by atoms with Gasteiger partial charge in [-0.05, 0) is 110 Å². The number of benzene rings is 4. The maximum Gasteiger partial charge on any atom is 0.212 e. The Balaban J connectivity index is 1.39. The zero-order valence-electron chi connectivity index (χ0n) is 24.1. The fourth-order valence-corrected chi connectivity index (χ4v) is 7.22. The van der Waals surface area contributed by atoms with Gasteiger partial charge >= 0.3 is 0 Å². The van der Waals surface area contributed by atoms with Gasteiger partial charge in [0.15, 0.2) is 23.0 Å². The van der Waals surface area contributed by atoms with Gasteiger partial charge in [0, 0.05) is 35.3 Å². The van der Waals surface area contributed by atoms with Gasteiger partial charge in [0.2, 0.25) is 5.75 Å². The molecule has 0 unspecified atom stereocenters. The van der Waals surface area contributed by atoms with Crippen LogP contribution in [0.4, 0.5) is 0 Å². The summed E-state index contributed by atoms with van der Waals surface area (Å²) < 4.78 is 25.1. The van der Waals surface area contributed by atoms with Gasteiger partial charge in [0.1, 0.15) is 11.5 Å². The number of nitrogens with one attached hydrogen (secondary N) is 1. The van der Waals surface area contributed by atoms with Gasteiger partial charge < -0.3 is 29.4 Å². The van der Waals surface area contributed by atoms with E-state index in [1.54, 1.807) is 20.3 Å². The summed E-state index contributed by atoms with van der Waals surface area (Å²) >= 11 is 0. The molecular weight excluding hydrogens is 528 g/mol. The first-order chi connectivity index (χ1) is 20.5. The minimum Gasteiger partial charge on any atom is -0.507 e. The van der Waals surface area contributed by atoms with Crippen LogP contribution < -0.4 is 24.3 Å². The van der Waals surface area contributed by atoms with E-state index in [0.717, 1.165) is 89.6 Å². The van der Waals surface area contributed by atoms with Crippen molar-refractivity contribution in [2.45, 2.75) is 37.8 Å². The molecule has 8 rings (SSSR count). The van der Waals surface area contributed by atoms with Crippen LogP contribution in [0.15, 0.2) is 54.6 Å². The number of aromatic hydroxyl groups is 1. The largest absolute Gasteiger partial charge is 0.507 e. The molecule has 4 heterocycles. The van der Waals surface area contributed by atoms with Crippen molar-refractivity contribution in [1.82, 2.24) is 10.2 Å². The number of hydrogen-bond acceptors (Lipinski definition) is 7. The van der Waals surface area contributed by atoms with Crippen molar-refractivity contribution in [3.63, 3.8) is 0 Å². The Labute approximate surface area is 245 Å². The second kappa shape index (κ2) is 9.68. The summed E-state index contributed by atoms with van der Waals surface area (Å²) in [5, 5.41) is 14.8. The smallest absolute Gasteiger partial charge is 0.212 e. The van der Waals surface area contributed by atoms with Crippen LogP contribution in [0.2, 0.25) is 0 Å². The SMILES string of the molecule is COc1ccc2cc1-c1cc(ccc1O)C[C@H]1c3c(cc(OC)c4c3Oc3cc5c(cc3O4)CCN[C@H]5C2)CCN1C. The summed E-state index contributed by atoms with van der Waals surface area (Å²) in [6.07, 6.45) is 3.34. The van der Waals surface area contributed by atoms with Crippen molar-refractivity contribution in [3.8, 4) is 51.4 Å². The average Bonchev–Trinajstić information content (AvgIpc) is 3.00. The molecule has 42 heavy (non-hydrogen) atoms. The predicted molar refractivity (Wildman–Crippen MR) is 161 cm³/mol. The van der Waals surface area contributed by atoms with Crippen LogP contribution in [-0.4, -0.2) is 44.4 Å². The Bertz CT molecular complexity index is 1750. The molecule has 0 amide bonds. The van der Waals surface area contributed by atoms with Gasteiger partial charge in [-0.3, -0.25) is 4.90 Å². The van der Waals surface area contributed by atoms with Crippen molar-refractivity contribution in [2.75, 3.05) is 34.4 Å². The second-order valence-corrected chi connectivity index (χ2v) is 11.8. The van der Waals surface area contributed by atoms with E-state index in [0.29, 0.717) is 11.5 Å². The molecule has 0 aromatic heterocycles. The molecule has 0 aliphatic carbocycles.